The normalized spacial score (nSPS) is 12.4. The van der Waals surface area contributed by atoms with Crippen molar-refractivity contribution < 1.29 is 0 Å². The molecule has 3 aromatic rings. The highest BCUT2D eigenvalue weighted by molar-refractivity contribution is 6.36. The third-order valence-corrected chi connectivity index (χ3v) is 4.76. The summed E-state index contributed by atoms with van der Waals surface area (Å²) in [4.78, 5) is 0. The minimum Gasteiger partial charge on any atom is -0.320 e. The lowest BCUT2D eigenvalue weighted by atomic mass is 9.97. The van der Waals surface area contributed by atoms with Gasteiger partial charge in [0.25, 0.3) is 0 Å². The van der Waals surface area contributed by atoms with E-state index in [-0.39, 0.29) is 0 Å². The SMILES string of the molecule is Cc1nnc(C)n1-c1cc(Cl)ccc1C(N)c1c(Cl)cccc1Cl. The molecule has 3 rings (SSSR count). The van der Waals surface area contributed by atoms with Gasteiger partial charge in [0.05, 0.1) is 11.7 Å². The molecule has 1 aromatic heterocycles. The Bertz CT molecular complexity index is 865. The average Bonchev–Trinajstić information content (AvgIpc) is 2.85. The number of nitrogens with zero attached hydrogens (tertiary/aromatic N) is 3. The summed E-state index contributed by atoms with van der Waals surface area (Å²) in [6, 6.07) is 10.3. The first-order valence-electron chi connectivity index (χ1n) is 7.28. The Labute approximate surface area is 155 Å². The summed E-state index contributed by atoms with van der Waals surface area (Å²) in [6.45, 7) is 3.75. The summed E-state index contributed by atoms with van der Waals surface area (Å²) in [5, 5.41) is 9.85. The van der Waals surface area contributed by atoms with Crippen molar-refractivity contribution in [2.24, 2.45) is 5.73 Å². The van der Waals surface area contributed by atoms with E-state index >= 15 is 0 Å². The number of aromatic nitrogens is 3. The smallest absolute Gasteiger partial charge is 0.134 e. The van der Waals surface area contributed by atoms with E-state index in [1.807, 2.05) is 30.5 Å². The molecule has 0 aliphatic heterocycles. The minimum atomic E-state index is -0.514. The Morgan fingerprint density at radius 3 is 2.12 bits per heavy atom. The second-order valence-electron chi connectivity index (χ2n) is 5.45. The van der Waals surface area contributed by atoms with Crippen molar-refractivity contribution in [2.75, 3.05) is 0 Å². The molecule has 2 aromatic carbocycles. The van der Waals surface area contributed by atoms with Crippen LogP contribution in [-0.2, 0) is 0 Å². The molecule has 0 bridgehead atoms. The second kappa shape index (κ2) is 6.73. The highest BCUT2D eigenvalue weighted by Crippen LogP contribution is 2.36. The highest BCUT2D eigenvalue weighted by Gasteiger charge is 2.21. The molecule has 24 heavy (non-hydrogen) atoms. The maximum atomic E-state index is 6.51. The standard InChI is InChI=1S/C17H15Cl3N4/c1-9-22-23-10(2)24(9)15-8-11(18)6-7-12(15)17(21)16-13(19)4-3-5-14(16)20/h3-8,17H,21H2,1-2H3. The molecule has 0 radical (unpaired) electrons. The second-order valence-corrected chi connectivity index (χ2v) is 6.70. The highest BCUT2D eigenvalue weighted by atomic mass is 35.5. The Balaban J connectivity index is 2.23. The predicted molar refractivity (Wildman–Crippen MR) is 98.3 cm³/mol. The molecule has 2 N–H and O–H groups in total. The van der Waals surface area contributed by atoms with Crippen LogP contribution in [0.1, 0.15) is 28.8 Å². The zero-order chi connectivity index (χ0) is 17.4. The van der Waals surface area contributed by atoms with Crippen LogP contribution in [0.5, 0.6) is 0 Å². The fraction of sp³-hybridized carbons (Fsp3) is 0.176. The van der Waals surface area contributed by atoms with Gasteiger partial charge in [0.2, 0.25) is 0 Å². The molecule has 0 spiro atoms. The van der Waals surface area contributed by atoms with Gasteiger partial charge >= 0.3 is 0 Å². The van der Waals surface area contributed by atoms with E-state index in [0.29, 0.717) is 20.6 Å². The van der Waals surface area contributed by atoms with Gasteiger partial charge in [0, 0.05) is 20.6 Å². The lowest BCUT2D eigenvalue weighted by molar-refractivity contribution is 0.834. The first-order valence-corrected chi connectivity index (χ1v) is 8.41. The van der Waals surface area contributed by atoms with Crippen molar-refractivity contribution >= 4 is 34.8 Å². The van der Waals surface area contributed by atoms with E-state index in [1.165, 1.54) is 0 Å². The molecule has 4 nitrogen and oxygen atoms in total. The van der Waals surface area contributed by atoms with E-state index in [0.717, 1.165) is 22.9 Å². The van der Waals surface area contributed by atoms with Crippen LogP contribution in [0, 0.1) is 13.8 Å². The Morgan fingerprint density at radius 2 is 1.54 bits per heavy atom. The Hall–Kier alpha value is -1.59. The van der Waals surface area contributed by atoms with E-state index in [1.54, 1.807) is 24.3 Å². The van der Waals surface area contributed by atoms with Gasteiger partial charge in [-0.05, 0) is 43.7 Å². The molecule has 0 saturated heterocycles. The minimum absolute atomic E-state index is 0.514. The van der Waals surface area contributed by atoms with Crippen LogP contribution in [-0.4, -0.2) is 14.8 Å². The van der Waals surface area contributed by atoms with Gasteiger partial charge in [-0.2, -0.15) is 0 Å². The predicted octanol–water partition coefficient (Wildman–Crippen LogP) is 4.89. The third kappa shape index (κ3) is 3.03. The number of hydrogen-bond acceptors (Lipinski definition) is 3. The van der Waals surface area contributed by atoms with Crippen LogP contribution in [0.15, 0.2) is 36.4 Å². The average molecular weight is 382 g/mol. The summed E-state index contributed by atoms with van der Waals surface area (Å²) in [7, 11) is 0. The molecular formula is C17H15Cl3N4. The first-order chi connectivity index (χ1) is 11.4. The number of benzene rings is 2. The van der Waals surface area contributed by atoms with Crippen molar-refractivity contribution in [3.8, 4) is 5.69 Å². The van der Waals surface area contributed by atoms with E-state index in [9.17, 15) is 0 Å². The van der Waals surface area contributed by atoms with Crippen molar-refractivity contribution in [2.45, 2.75) is 19.9 Å². The lowest BCUT2D eigenvalue weighted by Gasteiger charge is -2.21. The van der Waals surface area contributed by atoms with Crippen molar-refractivity contribution in [1.29, 1.82) is 0 Å². The summed E-state index contributed by atoms with van der Waals surface area (Å²) in [6.07, 6.45) is 0. The number of nitrogens with two attached hydrogens (primary N) is 1. The summed E-state index contributed by atoms with van der Waals surface area (Å²) in [5.74, 6) is 1.49. The fourth-order valence-electron chi connectivity index (χ4n) is 2.75. The van der Waals surface area contributed by atoms with Gasteiger partial charge in [-0.15, -0.1) is 10.2 Å². The van der Waals surface area contributed by atoms with Gasteiger partial charge < -0.3 is 5.73 Å². The molecule has 7 heteroatoms. The van der Waals surface area contributed by atoms with Crippen molar-refractivity contribution in [1.82, 2.24) is 14.8 Å². The molecule has 0 aliphatic rings. The quantitative estimate of drug-likeness (QED) is 0.702. The van der Waals surface area contributed by atoms with E-state index in [4.69, 9.17) is 40.5 Å². The zero-order valence-electron chi connectivity index (χ0n) is 13.1. The molecule has 0 fully saturated rings. The Morgan fingerprint density at radius 1 is 0.958 bits per heavy atom. The van der Waals surface area contributed by atoms with Crippen molar-refractivity contribution in [3.05, 3.63) is 74.2 Å². The van der Waals surface area contributed by atoms with E-state index < -0.39 is 6.04 Å². The molecule has 1 atom stereocenters. The molecule has 124 valence electrons. The zero-order valence-corrected chi connectivity index (χ0v) is 15.4. The number of rotatable bonds is 3. The summed E-state index contributed by atoms with van der Waals surface area (Å²) in [5.41, 5.74) is 8.83. The third-order valence-electron chi connectivity index (χ3n) is 3.87. The van der Waals surface area contributed by atoms with Crippen LogP contribution in [0.25, 0.3) is 5.69 Å². The topological polar surface area (TPSA) is 56.7 Å². The van der Waals surface area contributed by atoms with Crippen LogP contribution in [0.3, 0.4) is 0 Å². The number of halogens is 3. The van der Waals surface area contributed by atoms with Crippen molar-refractivity contribution in [3.63, 3.8) is 0 Å². The molecule has 0 amide bonds. The van der Waals surface area contributed by atoms with Crippen LogP contribution < -0.4 is 5.73 Å². The molecule has 1 heterocycles. The van der Waals surface area contributed by atoms with Gasteiger partial charge in [0.1, 0.15) is 11.6 Å². The Kier molecular flexibility index (Phi) is 4.83. The van der Waals surface area contributed by atoms with Crippen LogP contribution in [0.2, 0.25) is 15.1 Å². The number of hydrogen-bond donors (Lipinski definition) is 1. The van der Waals surface area contributed by atoms with Gasteiger partial charge in [-0.25, -0.2) is 0 Å². The van der Waals surface area contributed by atoms with Crippen LogP contribution in [0.4, 0.5) is 0 Å². The number of aryl methyl sites for hydroxylation is 2. The largest absolute Gasteiger partial charge is 0.320 e. The van der Waals surface area contributed by atoms with Gasteiger partial charge in [-0.1, -0.05) is 46.9 Å². The maximum absolute atomic E-state index is 6.51. The molecule has 0 saturated carbocycles. The monoisotopic (exact) mass is 380 g/mol. The lowest BCUT2D eigenvalue weighted by Crippen LogP contribution is -2.17. The van der Waals surface area contributed by atoms with Crippen LogP contribution >= 0.6 is 34.8 Å². The summed E-state index contributed by atoms with van der Waals surface area (Å²) >= 11 is 18.9. The first kappa shape index (κ1) is 17.2. The van der Waals surface area contributed by atoms with E-state index in [2.05, 4.69) is 10.2 Å². The maximum Gasteiger partial charge on any atom is 0.134 e. The molecule has 1 unspecified atom stereocenters. The fourth-order valence-corrected chi connectivity index (χ4v) is 3.55. The van der Waals surface area contributed by atoms with Gasteiger partial charge in [-0.3, -0.25) is 4.57 Å². The molecular weight excluding hydrogens is 367 g/mol. The molecule has 0 aliphatic carbocycles. The summed E-state index contributed by atoms with van der Waals surface area (Å²) < 4.78 is 1.91. The van der Waals surface area contributed by atoms with Gasteiger partial charge in [0.15, 0.2) is 0 Å².